The topological polar surface area (TPSA) is 85.1 Å². The highest BCUT2D eigenvalue weighted by atomic mass is 16.2. The fraction of sp³-hybridized carbons (Fsp3) is 0.192. The standard InChI is InChI=1S/C26H26N6O/c1-26(2,3)23-15-11-19(12-16-23)17-27-29-25(33)22-13-9-20(10-14-22)18-32-30-24(28-31-32)21-7-5-4-6-8-21/h4-17H,18H2,1-3H3,(H,29,33)/b27-17+. The van der Waals surface area contributed by atoms with Gasteiger partial charge in [0.1, 0.15) is 0 Å². The molecule has 0 spiro atoms. The number of nitrogens with one attached hydrogen (secondary N) is 1. The van der Waals surface area contributed by atoms with Gasteiger partial charge in [0, 0.05) is 11.1 Å². The van der Waals surface area contributed by atoms with Gasteiger partial charge in [0.05, 0.1) is 12.8 Å². The van der Waals surface area contributed by atoms with E-state index in [4.69, 9.17) is 0 Å². The lowest BCUT2D eigenvalue weighted by Crippen LogP contribution is -2.17. The Morgan fingerprint density at radius 2 is 1.67 bits per heavy atom. The number of nitrogens with zero attached hydrogens (tertiary/aromatic N) is 5. The Hall–Kier alpha value is -4.13. The third kappa shape index (κ3) is 5.77. The molecule has 0 saturated heterocycles. The van der Waals surface area contributed by atoms with Gasteiger partial charge >= 0.3 is 0 Å². The van der Waals surface area contributed by atoms with Crippen LogP contribution in [0.1, 0.15) is 47.8 Å². The van der Waals surface area contributed by atoms with Gasteiger partial charge < -0.3 is 0 Å². The van der Waals surface area contributed by atoms with Crippen molar-refractivity contribution < 1.29 is 4.79 Å². The highest BCUT2D eigenvalue weighted by molar-refractivity contribution is 5.94. The van der Waals surface area contributed by atoms with E-state index in [0.717, 1.165) is 16.7 Å². The van der Waals surface area contributed by atoms with Crippen LogP contribution in [0.25, 0.3) is 11.4 Å². The fourth-order valence-corrected chi connectivity index (χ4v) is 3.24. The predicted octanol–water partition coefficient (Wildman–Crippen LogP) is 4.45. The number of hydrogen-bond donors (Lipinski definition) is 1. The van der Waals surface area contributed by atoms with E-state index in [2.05, 4.69) is 58.8 Å². The van der Waals surface area contributed by atoms with Crippen LogP contribution < -0.4 is 5.43 Å². The maximum Gasteiger partial charge on any atom is 0.271 e. The molecule has 0 aliphatic carbocycles. The molecule has 0 atom stereocenters. The average molecular weight is 439 g/mol. The molecule has 3 aromatic carbocycles. The predicted molar refractivity (Wildman–Crippen MR) is 129 cm³/mol. The van der Waals surface area contributed by atoms with E-state index in [-0.39, 0.29) is 11.3 Å². The normalized spacial score (nSPS) is 11.6. The van der Waals surface area contributed by atoms with E-state index in [0.29, 0.717) is 17.9 Å². The highest BCUT2D eigenvalue weighted by Gasteiger charge is 2.12. The molecule has 166 valence electrons. The van der Waals surface area contributed by atoms with Crippen molar-refractivity contribution in [1.82, 2.24) is 25.6 Å². The second-order valence-corrected chi connectivity index (χ2v) is 8.78. The largest absolute Gasteiger partial charge is 0.271 e. The minimum Gasteiger partial charge on any atom is -0.267 e. The highest BCUT2D eigenvalue weighted by Crippen LogP contribution is 2.21. The number of hydrogen-bond acceptors (Lipinski definition) is 5. The molecule has 0 radical (unpaired) electrons. The zero-order valence-electron chi connectivity index (χ0n) is 18.9. The number of aromatic nitrogens is 4. The molecule has 7 heteroatoms. The third-order valence-corrected chi connectivity index (χ3v) is 5.18. The molecule has 0 aliphatic heterocycles. The van der Waals surface area contributed by atoms with Crippen molar-refractivity contribution in [2.24, 2.45) is 5.10 Å². The van der Waals surface area contributed by atoms with Gasteiger partial charge in [0.25, 0.3) is 5.91 Å². The van der Waals surface area contributed by atoms with Crippen LogP contribution in [0.3, 0.4) is 0 Å². The number of rotatable bonds is 6. The van der Waals surface area contributed by atoms with Gasteiger partial charge in [-0.05, 0) is 39.5 Å². The van der Waals surface area contributed by atoms with E-state index in [1.54, 1.807) is 18.3 Å². The molecule has 0 saturated carbocycles. The van der Waals surface area contributed by atoms with Crippen LogP contribution in [0.4, 0.5) is 0 Å². The summed E-state index contributed by atoms with van der Waals surface area (Å²) in [5, 5.41) is 16.7. The summed E-state index contributed by atoms with van der Waals surface area (Å²) in [7, 11) is 0. The van der Waals surface area contributed by atoms with Gasteiger partial charge in [-0.2, -0.15) is 9.90 Å². The Bertz CT molecular complexity index is 1240. The maximum atomic E-state index is 12.4. The van der Waals surface area contributed by atoms with Crippen molar-refractivity contribution in [3.8, 4) is 11.4 Å². The van der Waals surface area contributed by atoms with Crippen LogP contribution in [-0.2, 0) is 12.0 Å². The van der Waals surface area contributed by atoms with Crippen LogP contribution in [0.5, 0.6) is 0 Å². The van der Waals surface area contributed by atoms with Crippen molar-refractivity contribution >= 4 is 12.1 Å². The molecule has 4 aromatic rings. The van der Waals surface area contributed by atoms with E-state index in [1.165, 1.54) is 10.4 Å². The summed E-state index contributed by atoms with van der Waals surface area (Å²) in [6.45, 7) is 6.98. The zero-order chi connectivity index (χ0) is 23.3. The Morgan fingerprint density at radius 1 is 0.970 bits per heavy atom. The lowest BCUT2D eigenvalue weighted by atomic mass is 9.87. The Labute approximate surface area is 193 Å². The Kier molecular flexibility index (Phi) is 6.40. The first-order chi connectivity index (χ1) is 15.9. The van der Waals surface area contributed by atoms with Crippen molar-refractivity contribution in [1.29, 1.82) is 0 Å². The van der Waals surface area contributed by atoms with E-state index in [1.807, 2.05) is 54.6 Å². The summed E-state index contributed by atoms with van der Waals surface area (Å²) in [6, 6.07) is 25.1. The summed E-state index contributed by atoms with van der Waals surface area (Å²) in [5.74, 6) is 0.312. The molecule has 0 unspecified atom stereocenters. The van der Waals surface area contributed by atoms with Gasteiger partial charge in [0.15, 0.2) is 0 Å². The molecule has 33 heavy (non-hydrogen) atoms. The number of benzene rings is 3. The van der Waals surface area contributed by atoms with Crippen molar-refractivity contribution in [2.75, 3.05) is 0 Å². The molecule has 0 fully saturated rings. The minimum atomic E-state index is -0.269. The summed E-state index contributed by atoms with van der Waals surface area (Å²) in [6.07, 6.45) is 1.64. The molecule has 7 nitrogen and oxygen atoms in total. The first kappa shape index (κ1) is 22.1. The summed E-state index contributed by atoms with van der Waals surface area (Å²) in [5.41, 5.74) is 7.26. The second-order valence-electron chi connectivity index (χ2n) is 8.78. The summed E-state index contributed by atoms with van der Waals surface area (Å²) in [4.78, 5) is 13.9. The number of carbonyl (C=O) groups is 1. The zero-order valence-corrected chi connectivity index (χ0v) is 18.9. The molecule has 1 aromatic heterocycles. The van der Waals surface area contributed by atoms with Crippen LogP contribution in [0, 0.1) is 0 Å². The third-order valence-electron chi connectivity index (χ3n) is 5.18. The first-order valence-electron chi connectivity index (χ1n) is 10.7. The minimum absolute atomic E-state index is 0.101. The summed E-state index contributed by atoms with van der Waals surface area (Å²) < 4.78 is 0. The van der Waals surface area contributed by atoms with Crippen molar-refractivity contribution in [3.63, 3.8) is 0 Å². The maximum absolute atomic E-state index is 12.4. The molecule has 1 heterocycles. The van der Waals surface area contributed by atoms with E-state index >= 15 is 0 Å². The number of hydrazone groups is 1. The van der Waals surface area contributed by atoms with Gasteiger partial charge in [0.2, 0.25) is 5.82 Å². The van der Waals surface area contributed by atoms with E-state index in [9.17, 15) is 4.79 Å². The molecule has 1 N–H and O–H groups in total. The van der Waals surface area contributed by atoms with Gasteiger partial charge in [-0.1, -0.05) is 87.5 Å². The van der Waals surface area contributed by atoms with Crippen LogP contribution >= 0.6 is 0 Å². The van der Waals surface area contributed by atoms with Crippen molar-refractivity contribution in [3.05, 3.63) is 101 Å². The molecule has 0 bridgehead atoms. The molecule has 0 aliphatic rings. The van der Waals surface area contributed by atoms with Crippen LogP contribution in [0.2, 0.25) is 0 Å². The smallest absolute Gasteiger partial charge is 0.267 e. The lowest BCUT2D eigenvalue weighted by Gasteiger charge is -2.18. The Balaban J connectivity index is 1.33. The number of carbonyl (C=O) groups excluding carboxylic acids is 1. The number of amides is 1. The summed E-state index contributed by atoms with van der Waals surface area (Å²) >= 11 is 0. The monoisotopic (exact) mass is 438 g/mol. The van der Waals surface area contributed by atoms with Crippen molar-refractivity contribution in [2.45, 2.75) is 32.7 Å². The number of tetrazole rings is 1. The molecular formula is C26H26N6O. The quantitative estimate of drug-likeness (QED) is 0.356. The molecular weight excluding hydrogens is 412 g/mol. The average Bonchev–Trinajstić information content (AvgIpc) is 3.28. The second kappa shape index (κ2) is 9.56. The molecule has 4 rings (SSSR count). The lowest BCUT2D eigenvalue weighted by molar-refractivity contribution is 0.0955. The fourth-order valence-electron chi connectivity index (χ4n) is 3.24. The van der Waals surface area contributed by atoms with E-state index < -0.39 is 0 Å². The van der Waals surface area contributed by atoms with Crippen LogP contribution in [0.15, 0.2) is 84.0 Å². The Morgan fingerprint density at radius 3 is 2.33 bits per heavy atom. The molecule has 1 amide bonds. The van der Waals surface area contributed by atoms with Gasteiger partial charge in [-0.15, -0.1) is 10.2 Å². The van der Waals surface area contributed by atoms with Gasteiger partial charge in [-0.25, -0.2) is 5.43 Å². The van der Waals surface area contributed by atoms with Gasteiger partial charge in [-0.3, -0.25) is 4.79 Å². The van der Waals surface area contributed by atoms with Crippen LogP contribution in [-0.4, -0.2) is 32.3 Å². The first-order valence-corrected chi connectivity index (χ1v) is 10.7. The SMILES string of the molecule is CC(C)(C)c1ccc(/C=N/NC(=O)c2ccc(Cn3nnc(-c4ccccc4)n3)cc2)cc1.